The first-order valence-corrected chi connectivity index (χ1v) is 12.4. The predicted octanol–water partition coefficient (Wildman–Crippen LogP) is 3.70. The van der Waals surface area contributed by atoms with Crippen molar-refractivity contribution >= 4 is 43.2 Å². The van der Waals surface area contributed by atoms with E-state index < -0.39 is 20.9 Å². The van der Waals surface area contributed by atoms with E-state index in [1.54, 1.807) is 24.6 Å². The van der Waals surface area contributed by atoms with Gasteiger partial charge in [-0.1, -0.05) is 31.6 Å². The number of nitro groups is 1. The Morgan fingerprint density at radius 3 is 2.47 bits per heavy atom. The molecule has 32 heavy (non-hydrogen) atoms. The van der Waals surface area contributed by atoms with Gasteiger partial charge in [0.15, 0.2) is 4.80 Å². The lowest BCUT2D eigenvalue weighted by molar-refractivity contribution is -0.384. The standard InChI is InChI=1S/C21H24N4O5S2/c1-4-6-13-24(5-2)32(29,30)17-10-7-15(8-11-17)20(26)22-21-23(3)18-14-16(25(27)28)9-12-19(18)31-21/h7-12,14H,4-6,13H2,1-3H3. The summed E-state index contributed by atoms with van der Waals surface area (Å²) >= 11 is 1.24. The number of aromatic nitrogens is 1. The Hall–Kier alpha value is -2.89. The van der Waals surface area contributed by atoms with Gasteiger partial charge in [-0.05, 0) is 36.8 Å². The van der Waals surface area contributed by atoms with Crippen molar-refractivity contribution in [1.29, 1.82) is 0 Å². The number of amides is 1. The number of hydrogen-bond donors (Lipinski definition) is 0. The minimum atomic E-state index is -3.63. The highest BCUT2D eigenvalue weighted by molar-refractivity contribution is 7.89. The van der Waals surface area contributed by atoms with Gasteiger partial charge in [-0.15, -0.1) is 0 Å². The van der Waals surface area contributed by atoms with E-state index in [1.807, 2.05) is 6.92 Å². The lowest BCUT2D eigenvalue weighted by Gasteiger charge is -2.20. The molecule has 0 spiro atoms. The maximum atomic E-state index is 12.8. The van der Waals surface area contributed by atoms with Gasteiger partial charge in [0.1, 0.15) is 0 Å². The van der Waals surface area contributed by atoms with Gasteiger partial charge in [0.2, 0.25) is 10.0 Å². The van der Waals surface area contributed by atoms with Crippen LogP contribution in [-0.4, -0.2) is 41.2 Å². The van der Waals surface area contributed by atoms with Crippen LogP contribution in [0.25, 0.3) is 10.2 Å². The number of aryl methyl sites for hydroxylation is 1. The van der Waals surface area contributed by atoms with Crippen molar-refractivity contribution in [2.24, 2.45) is 12.0 Å². The van der Waals surface area contributed by atoms with Crippen molar-refractivity contribution in [3.8, 4) is 0 Å². The quantitative estimate of drug-likeness (QED) is 0.363. The number of sulfonamides is 1. The van der Waals surface area contributed by atoms with E-state index in [2.05, 4.69) is 4.99 Å². The largest absolute Gasteiger partial charge is 0.319 e. The Bertz CT molecular complexity index is 1320. The van der Waals surface area contributed by atoms with Crippen LogP contribution in [0.5, 0.6) is 0 Å². The first-order chi connectivity index (χ1) is 15.2. The van der Waals surface area contributed by atoms with Gasteiger partial charge in [0.25, 0.3) is 11.6 Å². The maximum Gasteiger partial charge on any atom is 0.279 e. The molecule has 3 rings (SSSR count). The monoisotopic (exact) mass is 476 g/mol. The summed E-state index contributed by atoms with van der Waals surface area (Å²) in [5, 5.41) is 11.0. The van der Waals surface area contributed by atoms with Crippen LogP contribution in [0.4, 0.5) is 5.69 Å². The molecule has 0 aliphatic heterocycles. The van der Waals surface area contributed by atoms with Gasteiger partial charge in [0.05, 0.1) is 20.0 Å². The Morgan fingerprint density at radius 2 is 1.88 bits per heavy atom. The van der Waals surface area contributed by atoms with Crippen LogP contribution in [0.3, 0.4) is 0 Å². The molecule has 2 aromatic carbocycles. The summed E-state index contributed by atoms with van der Waals surface area (Å²) in [7, 11) is -1.95. The Kier molecular flexibility index (Phi) is 7.22. The third-order valence-corrected chi connectivity index (χ3v) is 8.15. The third kappa shape index (κ3) is 4.79. The van der Waals surface area contributed by atoms with Crippen molar-refractivity contribution in [3.63, 3.8) is 0 Å². The van der Waals surface area contributed by atoms with E-state index >= 15 is 0 Å². The highest BCUT2D eigenvalue weighted by Gasteiger charge is 2.22. The van der Waals surface area contributed by atoms with E-state index in [1.165, 1.54) is 52.0 Å². The van der Waals surface area contributed by atoms with E-state index in [0.29, 0.717) is 23.4 Å². The molecule has 1 heterocycles. The Balaban J connectivity index is 1.90. The molecule has 0 saturated heterocycles. The number of rotatable bonds is 8. The smallest absolute Gasteiger partial charge is 0.279 e. The molecule has 0 N–H and O–H groups in total. The van der Waals surface area contributed by atoms with Crippen molar-refractivity contribution in [1.82, 2.24) is 8.87 Å². The minimum absolute atomic E-state index is 0.0411. The van der Waals surface area contributed by atoms with Crippen molar-refractivity contribution in [2.75, 3.05) is 13.1 Å². The summed E-state index contributed by atoms with van der Waals surface area (Å²) in [6.07, 6.45) is 1.67. The molecule has 0 radical (unpaired) electrons. The number of nitro benzene ring substituents is 1. The minimum Gasteiger partial charge on any atom is -0.319 e. The van der Waals surface area contributed by atoms with Crippen molar-refractivity contribution in [3.05, 3.63) is 62.9 Å². The number of thiazole rings is 1. The molecular formula is C21H24N4O5S2. The van der Waals surface area contributed by atoms with Gasteiger partial charge in [-0.3, -0.25) is 14.9 Å². The van der Waals surface area contributed by atoms with Crippen LogP contribution in [0.15, 0.2) is 52.4 Å². The summed E-state index contributed by atoms with van der Waals surface area (Å²) < 4.78 is 29.5. The maximum absolute atomic E-state index is 12.8. The SMILES string of the molecule is CCCCN(CC)S(=O)(=O)c1ccc(C(=O)N=c2sc3ccc([N+](=O)[O-])cc3n2C)cc1. The first kappa shape index (κ1) is 23.8. The second-order valence-electron chi connectivity index (χ2n) is 7.14. The third-order valence-electron chi connectivity index (χ3n) is 5.05. The molecule has 170 valence electrons. The molecule has 0 unspecified atom stereocenters. The van der Waals surface area contributed by atoms with Crippen LogP contribution < -0.4 is 4.80 Å². The molecule has 0 aliphatic carbocycles. The van der Waals surface area contributed by atoms with E-state index in [0.717, 1.165) is 17.5 Å². The van der Waals surface area contributed by atoms with E-state index in [-0.39, 0.29) is 16.1 Å². The highest BCUT2D eigenvalue weighted by atomic mass is 32.2. The lowest BCUT2D eigenvalue weighted by Crippen LogP contribution is -2.31. The zero-order valence-electron chi connectivity index (χ0n) is 18.0. The van der Waals surface area contributed by atoms with Gasteiger partial charge in [-0.25, -0.2) is 8.42 Å². The fraction of sp³-hybridized carbons (Fsp3) is 0.333. The lowest BCUT2D eigenvalue weighted by atomic mass is 10.2. The summed E-state index contributed by atoms with van der Waals surface area (Å²) in [5.74, 6) is -0.524. The average Bonchev–Trinajstić information content (AvgIpc) is 3.08. The fourth-order valence-electron chi connectivity index (χ4n) is 3.19. The number of hydrogen-bond acceptors (Lipinski definition) is 6. The molecular weight excluding hydrogens is 452 g/mol. The van der Waals surface area contributed by atoms with Gasteiger partial charge in [0, 0.05) is 37.8 Å². The van der Waals surface area contributed by atoms with Crippen LogP contribution in [0, 0.1) is 10.1 Å². The molecule has 0 atom stereocenters. The van der Waals surface area contributed by atoms with E-state index in [9.17, 15) is 23.3 Å². The zero-order chi connectivity index (χ0) is 23.5. The van der Waals surface area contributed by atoms with Crippen molar-refractivity contribution in [2.45, 2.75) is 31.6 Å². The number of fused-ring (bicyclic) bond motifs is 1. The number of benzene rings is 2. The summed E-state index contributed by atoms with van der Waals surface area (Å²) in [5.41, 5.74) is 0.813. The molecule has 1 amide bonds. The molecule has 1 aromatic heterocycles. The number of unbranched alkanes of at least 4 members (excludes halogenated alkanes) is 1. The van der Waals surface area contributed by atoms with E-state index in [4.69, 9.17) is 0 Å². The second-order valence-corrected chi connectivity index (χ2v) is 10.1. The fourth-order valence-corrected chi connectivity index (χ4v) is 5.67. The zero-order valence-corrected chi connectivity index (χ0v) is 19.6. The number of carbonyl (C=O) groups excluding carboxylic acids is 1. The molecule has 0 aliphatic rings. The van der Waals surface area contributed by atoms with Gasteiger partial charge < -0.3 is 4.57 Å². The topological polar surface area (TPSA) is 115 Å². The van der Waals surface area contributed by atoms with Gasteiger partial charge in [-0.2, -0.15) is 9.30 Å². The molecule has 9 nitrogen and oxygen atoms in total. The highest BCUT2D eigenvalue weighted by Crippen LogP contribution is 2.22. The van der Waals surface area contributed by atoms with Crippen LogP contribution in [-0.2, 0) is 17.1 Å². The predicted molar refractivity (Wildman–Crippen MR) is 123 cm³/mol. The van der Waals surface area contributed by atoms with Crippen LogP contribution in [0.2, 0.25) is 0 Å². The molecule has 0 bridgehead atoms. The summed E-state index contributed by atoms with van der Waals surface area (Å²) in [4.78, 5) is 27.9. The van der Waals surface area contributed by atoms with Crippen LogP contribution >= 0.6 is 11.3 Å². The molecule has 0 saturated carbocycles. The summed E-state index contributed by atoms with van der Waals surface area (Å²) in [6, 6.07) is 10.2. The summed E-state index contributed by atoms with van der Waals surface area (Å²) in [6.45, 7) is 4.62. The first-order valence-electron chi connectivity index (χ1n) is 10.1. The number of carbonyl (C=O) groups is 1. The normalized spacial score (nSPS) is 12.6. The van der Waals surface area contributed by atoms with Gasteiger partial charge >= 0.3 is 0 Å². The molecule has 3 aromatic rings. The average molecular weight is 477 g/mol. The number of non-ortho nitro benzene ring substituents is 1. The van der Waals surface area contributed by atoms with Crippen LogP contribution in [0.1, 0.15) is 37.0 Å². The number of nitrogens with zero attached hydrogens (tertiary/aromatic N) is 4. The molecule has 11 heteroatoms. The Labute approximate surface area is 189 Å². The second kappa shape index (κ2) is 9.72. The molecule has 0 fully saturated rings. The Morgan fingerprint density at radius 1 is 1.19 bits per heavy atom. The van der Waals surface area contributed by atoms with Crippen molar-refractivity contribution < 1.29 is 18.1 Å².